The largest absolute Gasteiger partial charge is 0.643 e. The number of carbonyl (C=O) groups excluding carboxylic acids is 2. The zero-order valence-corrected chi connectivity index (χ0v) is 9.24. The molecule has 1 saturated heterocycles. The van der Waals surface area contributed by atoms with Gasteiger partial charge in [0.15, 0.2) is 0 Å². The number of likely N-dealkylation sites (N-methyl/N-ethyl adjacent to an activating group) is 1. The highest BCUT2D eigenvalue weighted by atomic mass is 79.9. The molecular formula is C7H9BBrNO4. The minimum Gasteiger partial charge on any atom is -0.494 e. The molecule has 1 aliphatic rings. The number of rotatable bonds is 1. The molecule has 76 valence electrons. The maximum Gasteiger partial charge on any atom is 0.643 e. The Morgan fingerprint density at radius 1 is 1.43 bits per heavy atom. The molecule has 0 aromatic heterocycles. The summed E-state index contributed by atoms with van der Waals surface area (Å²) in [7, 11) is 0.606. The van der Waals surface area contributed by atoms with Crippen LogP contribution in [-0.4, -0.2) is 44.1 Å². The number of hydrogen-bond donors (Lipinski definition) is 0. The molecule has 0 bridgehead atoms. The van der Waals surface area contributed by atoms with Crippen LogP contribution in [0.15, 0.2) is 11.0 Å². The topological polar surface area (TPSA) is 55.8 Å². The fourth-order valence-electron chi connectivity index (χ4n) is 0.962. The van der Waals surface area contributed by atoms with Crippen LogP contribution in [0.25, 0.3) is 0 Å². The van der Waals surface area contributed by atoms with Crippen LogP contribution in [0.4, 0.5) is 0 Å². The molecule has 1 aliphatic heterocycles. The monoisotopic (exact) mass is 261 g/mol. The molecule has 0 amide bonds. The predicted octanol–water partition coefficient (Wildman–Crippen LogP) is -0.0458. The second-order valence-electron chi connectivity index (χ2n) is 2.93. The summed E-state index contributed by atoms with van der Waals surface area (Å²) < 4.78 is 9.96. The quantitative estimate of drug-likeness (QED) is 0.620. The van der Waals surface area contributed by atoms with Crippen LogP contribution < -0.4 is 0 Å². The molecule has 0 saturated carbocycles. The molecule has 0 unspecified atom stereocenters. The lowest BCUT2D eigenvalue weighted by atomic mass is 9.90. The van der Waals surface area contributed by atoms with Crippen molar-refractivity contribution in [3.63, 3.8) is 0 Å². The molecule has 0 atom stereocenters. The molecule has 0 N–H and O–H groups in total. The first-order valence-corrected chi connectivity index (χ1v) is 4.70. The van der Waals surface area contributed by atoms with Crippen LogP contribution in [0.3, 0.4) is 0 Å². The minimum absolute atomic E-state index is 0.0614. The summed E-state index contributed by atoms with van der Waals surface area (Å²) in [5.74, 6) is -0.906. The molecule has 1 heterocycles. The summed E-state index contributed by atoms with van der Waals surface area (Å²) in [4.78, 5) is 23.8. The number of hydrogen-bond acceptors (Lipinski definition) is 5. The Labute approximate surface area is 90.3 Å². The van der Waals surface area contributed by atoms with Crippen molar-refractivity contribution in [1.29, 1.82) is 0 Å². The molecule has 7 heteroatoms. The number of nitrogens with zero attached hydrogens (tertiary/aromatic N) is 1. The highest BCUT2D eigenvalue weighted by Crippen LogP contribution is 2.11. The molecule has 5 nitrogen and oxygen atoms in total. The van der Waals surface area contributed by atoms with Crippen molar-refractivity contribution in [1.82, 2.24) is 4.90 Å². The van der Waals surface area contributed by atoms with Crippen LogP contribution in [0.2, 0.25) is 0 Å². The highest BCUT2D eigenvalue weighted by molar-refractivity contribution is 9.12. The lowest BCUT2D eigenvalue weighted by Crippen LogP contribution is -2.42. The van der Waals surface area contributed by atoms with Gasteiger partial charge >= 0.3 is 19.1 Å². The molecule has 0 aromatic rings. The van der Waals surface area contributed by atoms with E-state index in [1.54, 1.807) is 7.05 Å². The average Bonchev–Trinajstić information content (AvgIpc) is 1.99. The van der Waals surface area contributed by atoms with Crippen LogP contribution in [-0.2, 0) is 18.9 Å². The lowest BCUT2D eigenvalue weighted by Gasteiger charge is -2.21. The van der Waals surface area contributed by atoms with Crippen molar-refractivity contribution in [2.75, 3.05) is 20.1 Å². The van der Waals surface area contributed by atoms with Crippen molar-refractivity contribution >= 4 is 35.0 Å². The Morgan fingerprint density at radius 3 is 2.21 bits per heavy atom. The van der Waals surface area contributed by atoms with Crippen LogP contribution in [0.1, 0.15) is 0 Å². The van der Waals surface area contributed by atoms with Crippen molar-refractivity contribution in [3.8, 4) is 0 Å². The van der Waals surface area contributed by atoms with Gasteiger partial charge in [-0.15, -0.1) is 0 Å². The first kappa shape index (κ1) is 11.3. The summed E-state index contributed by atoms with van der Waals surface area (Å²) in [5, 5.41) is 0. The predicted molar refractivity (Wildman–Crippen MR) is 53.5 cm³/mol. The highest BCUT2D eigenvalue weighted by Gasteiger charge is 2.33. The van der Waals surface area contributed by atoms with E-state index in [0.29, 0.717) is 4.38 Å². The van der Waals surface area contributed by atoms with Gasteiger partial charge in [-0.2, -0.15) is 0 Å². The van der Waals surface area contributed by atoms with Gasteiger partial charge in [0.2, 0.25) is 0 Å². The van der Waals surface area contributed by atoms with E-state index in [9.17, 15) is 9.59 Å². The van der Waals surface area contributed by atoms with Crippen molar-refractivity contribution in [3.05, 3.63) is 11.0 Å². The van der Waals surface area contributed by atoms with Crippen molar-refractivity contribution in [2.45, 2.75) is 0 Å². The summed E-state index contributed by atoms with van der Waals surface area (Å²) in [6.45, 7) is 3.61. The third kappa shape index (κ3) is 3.15. The summed E-state index contributed by atoms with van der Waals surface area (Å²) >= 11 is 3.00. The fourth-order valence-corrected chi connectivity index (χ4v) is 1.15. The smallest absolute Gasteiger partial charge is 0.494 e. The van der Waals surface area contributed by atoms with E-state index in [-0.39, 0.29) is 13.1 Å². The van der Waals surface area contributed by atoms with Crippen LogP contribution in [0, 0.1) is 0 Å². The maximum absolute atomic E-state index is 11.2. The fraction of sp³-hybridized carbons (Fsp3) is 0.429. The molecule has 1 rings (SSSR count). The Hall–Kier alpha value is -0.815. The third-order valence-electron chi connectivity index (χ3n) is 1.53. The third-order valence-corrected chi connectivity index (χ3v) is 1.90. The van der Waals surface area contributed by atoms with E-state index < -0.39 is 19.1 Å². The molecule has 1 fully saturated rings. The first-order chi connectivity index (χ1) is 6.49. The number of carbonyl (C=O) groups is 2. The van der Waals surface area contributed by atoms with Gasteiger partial charge in [-0.1, -0.05) is 22.5 Å². The number of halogens is 1. The van der Waals surface area contributed by atoms with E-state index in [1.807, 2.05) is 0 Å². The Balaban J connectivity index is 2.70. The summed E-state index contributed by atoms with van der Waals surface area (Å²) in [6.07, 6.45) is 0. The Kier molecular flexibility index (Phi) is 3.71. The normalized spacial score (nSPS) is 19.4. The van der Waals surface area contributed by atoms with Gasteiger partial charge in [-0.25, -0.2) is 0 Å². The van der Waals surface area contributed by atoms with Crippen LogP contribution in [0.5, 0.6) is 0 Å². The molecule has 0 aliphatic carbocycles. The first-order valence-electron chi connectivity index (χ1n) is 3.91. The van der Waals surface area contributed by atoms with Gasteiger partial charge in [0.1, 0.15) is 0 Å². The summed E-state index contributed by atoms with van der Waals surface area (Å²) in [5.41, 5.74) is 0. The van der Waals surface area contributed by atoms with E-state index in [0.717, 1.165) is 0 Å². The van der Waals surface area contributed by atoms with Gasteiger partial charge in [0, 0.05) is 4.38 Å². The molecule has 0 radical (unpaired) electrons. The SMILES string of the molecule is C=C(Br)B1OC(=O)CN(C)CC(=O)O1. The molecular weight excluding hydrogens is 253 g/mol. The van der Waals surface area contributed by atoms with E-state index in [2.05, 4.69) is 22.5 Å². The van der Waals surface area contributed by atoms with Gasteiger partial charge in [-0.3, -0.25) is 14.5 Å². The Morgan fingerprint density at radius 2 is 1.86 bits per heavy atom. The van der Waals surface area contributed by atoms with Gasteiger partial charge in [0.25, 0.3) is 0 Å². The van der Waals surface area contributed by atoms with Gasteiger partial charge in [-0.05, 0) is 7.05 Å². The Bertz CT molecular complexity index is 263. The van der Waals surface area contributed by atoms with Gasteiger partial charge in [0.05, 0.1) is 13.1 Å². The molecule has 0 spiro atoms. The molecule has 0 aromatic carbocycles. The van der Waals surface area contributed by atoms with Gasteiger partial charge < -0.3 is 9.31 Å². The van der Waals surface area contributed by atoms with E-state index in [4.69, 9.17) is 9.31 Å². The zero-order chi connectivity index (χ0) is 10.7. The zero-order valence-electron chi connectivity index (χ0n) is 7.66. The minimum atomic E-state index is -1.02. The van der Waals surface area contributed by atoms with E-state index >= 15 is 0 Å². The second kappa shape index (κ2) is 4.61. The lowest BCUT2D eigenvalue weighted by molar-refractivity contribution is -0.145. The molecule has 14 heavy (non-hydrogen) atoms. The second-order valence-corrected chi connectivity index (χ2v) is 3.95. The van der Waals surface area contributed by atoms with Crippen molar-refractivity contribution in [2.24, 2.45) is 0 Å². The summed E-state index contributed by atoms with van der Waals surface area (Å²) in [6, 6.07) is 0. The van der Waals surface area contributed by atoms with Crippen LogP contribution >= 0.6 is 15.9 Å². The van der Waals surface area contributed by atoms with Crippen molar-refractivity contribution < 1.29 is 18.9 Å². The maximum atomic E-state index is 11.2. The van der Waals surface area contributed by atoms with E-state index in [1.165, 1.54) is 4.90 Å². The average molecular weight is 262 g/mol. The standard InChI is InChI=1S/C7H9BBrNO4/c1-5(9)8-13-6(11)3-10(2)4-7(12)14-8/h1,3-4H2,2H3.